The number of hydrogen-bond donors (Lipinski definition) is 0. The van der Waals surface area contributed by atoms with Crippen LogP contribution < -0.4 is 0 Å². The van der Waals surface area contributed by atoms with E-state index in [2.05, 4.69) is 0 Å². The standard InChI is InChI=1S/C6H11F3S/c1-2-10-4-3-5(7)6(8)9/h5-6H,2-4H2,1H3. The molecular formula is C6H11F3S. The average molecular weight is 172 g/mol. The van der Waals surface area contributed by atoms with Gasteiger partial charge in [0.05, 0.1) is 0 Å². The summed E-state index contributed by atoms with van der Waals surface area (Å²) in [6, 6.07) is 0. The van der Waals surface area contributed by atoms with E-state index >= 15 is 0 Å². The van der Waals surface area contributed by atoms with Crippen LogP contribution in [0.1, 0.15) is 13.3 Å². The molecule has 0 aromatic rings. The van der Waals surface area contributed by atoms with E-state index in [1.165, 1.54) is 11.8 Å². The summed E-state index contributed by atoms with van der Waals surface area (Å²) >= 11 is 1.48. The normalized spacial score (nSPS) is 14.1. The number of rotatable bonds is 5. The first-order valence-electron chi connectivity index (χ1n) is 3.18. The minimum atomic E-state index is -2.81. The Kier molecular flexibility index (Phi) is 5.97. The maximum atomic E-state index is 12.1. The van der Waals surface area contributed by atoms with Crippen molar-refractivity contribution in [1.82, 2.24) is 0 Å². The molecule has 0 spiro atoms. The third kappa shape index (κ3) is 4.97. The van der Waals surface area contributed by atoms with Crippen LogP contribution in [0.5, 0.6) is 0 Å². The lowest BCUT2D eigenvalue weighted by atomic mass is 10.3. The largest absolute Gasteiger partial charge is 0.269 e. The molecule has 0 heterocycles. The number of alkyl halides is 3. The van der Waals surface area contributed by atoms with Crippen LogP contribution in [0.2, 0.25) is 0 Å². The van der Waals surface area contributed by atoms with E-state index < -0.39 is 12.6 Å². The van der Waals surface area contributed by atoms with Gasteiger partial charge in [0.1, 0.15) is 0 Å². The van der Waals surface area contributed by atoms with Gasteiger partial charge in [-0.25, -0.2) is 13.2 Å². The predicted molar refractivity (Wildman–Crippen MR) is 38.5 cm³/mol. The number of halogens is 3. The summed E-state index contributed by atoms with van der Waals surface area (Å²) in [5, 5.41) is 0. The zero-order valence-corrected chi connectivity index (χ0v) is 6.63. The highest BCUT2D eigenvalue weighted by Crippen LogP contribution is 2.12. The Morgan fingerprint density at radius 1 is 1.30 bits per heavy atom. The third-order valence-electron chi connectivity index (χ3n) is 1.02. The lowest BCUT2D eigenvalue weighted by molar-refractivity contribution is 0.0488. The minimum Gasteiger partial charge on any atom is -0.241 e. The molecule has 0 saturated carbocycles. The van der Waals surface area contributed by atoms with E-state index in [-0.39, 0.29) is 6.42 Å². The smallest absolute Gasteiger partial charge is 0.241 e. The highest BCUT2D eigenvalue weighted by molar-refractivity contribution is 7.99. The highest BCUT2D eigenvalue weighted by atomic mass is 32.2. The van der Waals surface area contributed by atoms with Gasteiger partial charge >= 0.3 is 0 Å². The van der Waals surface area contributed by atoms with E-state index in [1.54, 1.807) is 0 Å². The Balaban J connectivity index is 3.13. The van der Waals surface area contributed by atoms with Gasteiger partial charge in [0, 0.05) is 0 Å². The lowest BCUT2D eigenvalue weighted by Crippen LogP contribution is -2.12. The highest BCUT2D eigenvalue weighted by Gasteiger charge is 2.17. The van der Waals surface area contributed by atoms with E-state index in [0.29, 0.717) is 5.75 Å². The van der Waals surface area contributed by atoms with Crippen LogP contribution in [0.3, 0.4) is 0 Å². The van der Waals surface area contributed by atoms with Gasteiger partial charge in [-0.2, -0.15) is 11.8 Å². The molecule has 0 N–H and O–H groups in total. The minimum absolute atomic E-state index is 0.0316. The fourth-order valence-corrected chi connectivity index (χ4v) is 1.15. The zero-order chi connectivity index (χ0) is 7.98. The fraction of sp³-hybridized carbons (Fsp3) is 1.00. The second-order valence-corrected chi connectivity index (χ2v) is 3.23. The van der Waals surface area contributed by atoms with Crippen LogP contribution in [-0.4, -0.2) is 24.1 Å². The quantitative estimate of drug-likeness (QED) is 0.574. The molecule has 1 atom stereocenters. The van der Waals surface area contributed by atoms with Crippen molar-refractivity contribution >= 4 is 11.8 Å². The van der Waals surface area contributed by atoms with Crippen molar-refractivity contribution in [2.75, 3.05) is 11.5 Å². The predicted octanol–water partition coefficient (Wildman–Crippen LogP) is 2.73. The Labute approximate surface area is 63.2 Å². The van der Waals surface area contributed by atoms with Crippen LogP contribution in [0.25, 0.3) is 0 Å². The summed E-state index contributed by atoms with van der Waals surface area (Å²) in [6.45, 7) is 1.92. The zero-order valence-electron chi connectivity index (χ0n) is 5.82. The van der Waals surface area contributed by atoms with Crippen molar-refractivity contribution in [3.63, 3.8) is 0 Å². The van der Waals surface area contributed by atoms with Crippen molar-refractivity contribution in [1.29, 1.82) is 0 Å². The summed E-state index contributed by atoms with van der Waals surface area (Å²) < 4.78 is 35.0. The molecule has 4 heteroatoms. The number of thioether (sulfide) groups is 1. The van der Waals surface area contributed by atoms with Gasteiger partial charge in [0.15, 0.2) is 6.17 Å². The molecule has 0 saturated heterocycles. The van der Waals surface area contributed by atoms with Gasteiger partial charge in [-0.15, -0.1) is 0 Å². The molecule has 0 fully saturated rings. The van der Waals surface area contributed by atoms with Crippen LogP contribution >= 0.6 is 11.8 Å². The summed E-state index contributed by atoms with van der Waals surface area (Å²) in [5.74, 6) is 1.35. The van der Waals surface area contributed by atoms with E-state index in [1.807, 2.05) is 6.92 Å². The third-order valence-corrected chi connectivity index (χ3v) is 1.95. The molecular weight excluding hydrogens is 161 g/mol. The van der Waals surface area contributed by atoms with Crippen LogP contribution in [0.4, 0.5) is 13.2 Å². The summed E-state index contributed by atoms with van der Waals surface area (Å²) in [6.07, 6.45) is -4.77. The second kappa shape index (κ2) is 5.89. The van der Waals surface area contributed by atoms with Crippen LogP contribution in [-0.2, 0) is 0 Å². The topological polar surface area (TPSA) is 0 Å². The SMILES string of the molecule is CCSCCC(F)C(F)F. The molecule has 0 nitrogen and oxygen atoms in total. The van der Waals surface area contributed by atoms with Crippen molar-refractivity contribution in [2.24, 2.45) is 0 Å². The first-order valence-corrected chi connectivity index (χ1v) is 4.34. The maximum absolute atomic E-state index is 12.1. The van der Waals surface area contributed by atoms with Gasteiger partial charge in [0.25, 0.3) is 6.43 Å². The van der Waals surface area contributed by atoms with Gasteiger partial charge in [0.2, 0.25) is 0 Å². The van der Waals surface area contributed by atoms with Gasteiger partial charge < -0.3 is 0 Å². The summed E-state index contributed by atoms with van der Waals surface area (Å²) in [7, 11) is 0. The fourth-order valence-electron chi connectivity index (χ4n) is 0.466. The van der Waals surface area contributed by atoms with Crippen molar-refractivity contribution in [2.45, 2.75) is 25.9 Å². The maximum Gasteiger partial charge on any atom is 0.269 e. The van der Waals surface area contributed by atoms with E-state index in [0.717, 1.165) is 5.75 Å². The Morgan fingerprint density at radius 3 is 2.30 bits per heavy atom. The number of hydrogen-bond acceptors (Lipinski definition) is 1. The molecule has 0 aliphatic rings. The van der Waals surface area contributed by atoms with Crippen LogP contribution in [0, 0.1) is 0 Å². The molecule has 62 valence electrons. The van der Waals surface area contributed by atoms with E-state index in [4.69, 9.17) is 0 Å². The molecule has 10 heavy (non-hydrogen) atoms. The van der Waals surface area contributed by atoms with Crippen LogP contribution in [0.15, 0.2) is 0 Å². The average Bonchev–Trinajstić information content (AvgIpc) is 1.88. The molecule has 0 aromatic carbocycles. The molecule has 0 bridgehead atoms. The molecule has 0 aliphatic heterocycles. The Bertz CT molecular complexity index is 77.4. The first-order chi connectivity index (χ1) is 4.68. The second-order valence-electron chi connectivity index (χ2n) is 1.84. The summed E-state index contributed by atoms with van der Waals surface area (Å²) in [4.78, 5) is 0. The van der Waals surface area contributed by atoms with Gasteiger partial charge in [-0.1, -0.05) is 6.92 Å². The van der Waals surface area contributed by atoms with Crippen molar-refractivity contribution in [3.05, 3.63) is 0 Å². The van der Waals surface area contributed by atoms with Crippen molar-refractivity contribution < 1.29 is 13.2 Å². The van der Waals surface area contributed by atoms with Gasteiger partial charge in [-0.05, 0) is 17.9 Å². The molecule has 0 rings (SSSR count). The lowest BCUT2D eigenvalue weighted by Gasteiger charge is -2.04. The molecule has 0 aromatic heterocycles. The molecule has 0 aliphatic carbocycles. The van der Waals surface area contributed by atoms with Gasteiger partial charge in [-0.3, -0.25) is 0 Å². The monoisotopic (exact) mass is 172 g/mol. The Hall–Kier alpha value is 0.140. The van der Waals surface area contributed by atoms with Crippen molar-refractivity contribution in [3.8, 4) is 0 Å². The van der Waals surface area contributed by atoms with E-state index in [9.17, 15) is 13.2 Å². The summed E-state index contributed by atoms with van der Waals surface area (Å²) in [5.41, 5.74) is 0. The first kappa shape index (κ1) is 10.1. The molecule has 0 amide bonds. The molecule has 1 unspecified atom stereocenters. The molecule has 0 radical (unpaired) electrons. The Morgan fingerprint density at radius 2 is 1.90 bits per heavy atom.